The minimum absolute atomic E-state index is 0.407. The summed E-state index contributed by atoms with van der Waals surface area (Å²) in [7, 11) is 0. The Morgan fingerprint density at radius 2 is 1.88 bits per heavy atom. The van der Waals surface area contributed by atoms with E-state index in [-0.39, 0.29) is 0 Å². The molecule has 0 amide bonds. The van der Waals surface area contributed by atoms with Crippen LogP contribution in [0.3, 0.4) is 0 Å². The Labute approximate surface area is 101 Å². The van der Waals surface area contributed by atoms with Crippen LogP contribution in [0.15, 0.2) is 18.2 Å². The summed E-state index contributed by atoms with van der Waals surface area (Å²) in [6, 6.07) is 5.62. The Hall–Kier alpha value is -1.35. The van der Waals surface area contributed by atoms with E-state index in [9.17, 15) is 4.79 Å². The predicted molar refractivity (Wildman–Crippen MR) is 65.3 cm³/mol. The zero-order valence-electron chi connectivity index (χ0n) is 9.83. The number of carboxylic acids is 1. The molecule has 0 saturated carbocycles. The summed E-state index contributed by atoms with van der Waals surface area (Å²) < 4.78 is 0. The number of rotatable bonds is 1. The number of nitrogens with one attached hydrogen (secondary N) is 1. The Balaban J connectivity index is 1.89. The molecule has 3 rings (SSSR count). The number of piperidine rings is 1. The van der Waals surface area contributed by atoms with Gasteiger partial charge in [-0.25, -0.2) is 4.79 Å². The highest BCUT2D eigenvalue weighted by Crippen LogP contribution is 2.43. The maximum atomic E-state index is 11.0. The van der Waals surface area contributed by atoms with Crippen LogP contribution in [-0.2, 0) is 12.8 Å². The fraction of sp³-hybridized carbons (Fsp3) is 0.500. The van der Waals surface area contributed by atoms with Gasteiger partial charge in [-0.1, -0.05) is 6.07 Å². The fourth-order valence-corrected chi connectivity index (χ4v) is 3.28. The molecular formula is C14H17NO2. The first-order valence-electron chi connectivity index (χ1n) is 6.24. The predicted octanol–water partition coefficient (Wildman–Crippen LogP) is 1.85. The molecule has 2 aliphatic rings. The maximum Gasteiger partial charge on any atom is 0.335 e. The molecule has 2 N–H and O–H groups in total. The SMILES string of the molecule is O=C(O)c1ccc2c(c1)CC1(CCNCC1)C2. The van der Waals surface area contributed by atoms with Crippen molar-refractivity contribution in [3.8, 4) is 0 Å². The average Bonchev–Trinajstić information content (AvgIpc) is 2.66. The highest BCUT2D eigenvalue weighted by Gasteiger charge is 2.38. The van der Waals surface area contributed by atoms with E-state index >= 15 is 0 Å². The molecule has 1 aliphatic carbocycles. The summed E-state index contributed by atoms with van der Waals surface area (Å²) >= 11 is 0. The molecule has 3 nitrogen and oxygen atoms in total. The van der Waals surface area contributed by atoms with Crippen molar-refractivity contribution in [1.29, 1.82) is 0 Å². The first kappa shape index (κ1) is 10.8. The lowest BCUT2D eigenvalue weighted by Gasteiger charge is -2.33. The quantitative estimate of drug-likeness (QED) is 0.775. The van der Waals surface area contributed by atoms with E-state index in [2.05, 4.69) is 5.32 Å². The molecule has 1 saturated heterocycles. The van der Waals surface area contributed by atoms with Crippen LogP contribution in [0.1, 0.15) is 34.3 Å². The first-order chi connectivity index (χ1) is 8.19. The van der Waals surface area contributed by atoms with E-state index in [0.717, 1.165) is 25.9 Å². The number of fused-ring (bicyclic) bond motifs is 1. The third-order valence-corrected chi connectivity index (χ3v) is 4.25. The molecule has 3 heteroatoms. The summed E-state index contributed by atoms with van der Waals surface area (Å²) in [5.41, 5.74) is 3.45. The Morgan fingerprint density at radius 3 is 2.59 bits per heavy atom. The largest absolute Gasteiger partial charge is 0.478 e. The molecule has 0 unspecified atom stereocenters. The van der Waals surface area contributed by atoms with Crippen molar-refractivity contribution in [2.75, 3.05) is 13.1 Å². The third-order valence-electron chi connectivity index (χ3n) is 4.25. The smallest absolute Gasteiger partial charge is 0.335 e. The van der Waals surface area contributed by atoms with Crippen LogP contribution in [0, 0.1) is 5.41 Å². The molecule has 0 radical (unpaired) electrons. The number of benzene rings is 1. The lowest BCUT2D eigenvalue weighted by atomic mass is 9.76. The standard InChI is InChI=1S/C14H17NO2/c16-13(17)10-1-2-11-8-14(9-12(11)7-10)3-5-15-6-4-14/h1-2,7,15H,3-6,8-9H2,(H,16,17). The second-order valence-corrected chi connectivity index (χ2v) is 5.39. The van der Waals surface area contributed by atoms with Gasteiger partial charge in [0.15, 0.2) is 0 Å². The molecule has 0 bridgehead atoms. The van der Waals surface area contributed by atoms with Crippen molar-refractivity contribution in [1.82, 2.24) is 5.32 Å². The monoisotopic (exact) mass is 231 g/mol. The van der Waals surface area contributed by atoms with Crippen LogP contribution in [0.25, 0.3) is 0 Å². The number of carbonyl (C=O) groups is 1. The lowest BCUT2D eigenvalue weighted by molar-refractivity contribution is 0.0696. The topological polar surface area (TPSA) is 49.3 Å². The minimum atomic E-state index is -0.820. The van der Waals surface area contributed by atoms with Gasteiger partial charge in [0.25, 0.3) is 0 Å². The van der Waals surface area contributed by atoms with Crippen molar-refractivity contribution in [2.45, 2.75) is 25.7 Å². The van der Waals surface area contributed by atoms with Gasteiger partial charge in [0.1, 0.15) is 0 Å². The highest BCUT2D eigenvalue weighted by molar-refractivity contribution is 5.88. The zero-order chi connectivity index (χ0) is 11.9. The van der Waals surface area contributed by atoms with Crippen LogP contribution >= 0.6 is 0 Å². The summed E-state index contributed by atoms with van der Waals surface area (Å²) in [6.07, 6.45) is 4.61. The van der Waals surface area contributed by atoms with Crippen LogP contribution in [0.4, 0.5) is 0 Å². The van der Waals surface area contributed by atoms with E-state index in [1.54, 1.807) is 6.07 Å². The maximum absolute atomic E-state index is 11.0. The van der Waals surface area contributed by atoms with Gasteiger partial charge in [-0.05, 0) is 67.4 Å². The molecule has 1 spiro atoms. The highest BCUT2D eigenvalue weighted by atomic mass is 16.4. The Morgan fingerprint density at radius 1 is 1.18 bits per heavy atom. The molecule has 90 valence electrons. The molecule has 1 fully saturated rings. The molecule has 1 heterocycles. The van der Waals surface area contributed by atoms with Crippen molar-refractivity contribution >= 4 is 5.97 Å². The van der Waals surface area contributed by atoms with Gasteiger partial charge >= 0.3 is 5.97 Å². The second kappa shape index (κ2) is 3.84. The zero-order valence-corrected chi connectivity index (χ0v) is 9.83. The molecule has 0 aromatic heterocycles. The van der Waals surface area contributed by atoms with E-state index in [1.165, 1.54) is 24.0 Å². The number of aromatic carboxylic acids is 1. The minimum Gasteiger partial charge on any atom is -0.478 e. The van der Waals surface area contributed by atoms with Crippen LogP contribution in [0.2, 0.25) is 0 Å². The molecule has 1 aromatic rings. The van der Waals surface area contributed by atoms with E-state index in [0.29, 0.717) is 11.0 Å². The number of hydrogen-bond donors (Lipinski definition) is 2. The summed E-state index contributed by atoms with van der Waals surface area (Å²) in [5.74, 6) is -0.820. The lowest BCUT2D eigenvalue weighted by Crippen LogP contribution is -2.37. The molecular weight excluding hydrogens is 214 g/mol. The first-order valence-corrected chi connectivity index (χ1v) is 6.24. The third kappa shape index (κ3) is 1.84. The fourth-order valence-electron chi connectivity index (χ4n) is 3.28. The van der Waals surface area contributed by atoms with Gasteiger partial charge in [0.2, 0.25) is 0 Å². The normalized spacial score (nSPS) is 21.4. The van der Waals surface area contributed by atoms with Gasteiger partial charge in [0.05, 0.1) is 5.56 Å². The van der Waals surface area contributed by atoms with Crippen molar-refractivity contribution in [3.63, 3.8) is 0 Å². The van der Waals surface area contributed by atoms with Crippen LogP contribution < -0.4 is 5.32 Å². The molecule has 17 heavy (non-hydrogen) atoms. The number of hydrogen-bond acceptors (Lipinski definition) is 2. The number of carboxylic acid groups (broad SMARTS) is 1. The Kier molecular flexibility index (Phi) is 2.44. The second-order valence-electron chi connectivity index (χ2n) is 5.39. The summed E-state index contributed by atoms with van der Waals surface area (Å²) in [4.78, 5) is 11.0. The van der Waals surface area contributed by atoms with E-state index in [4.69, 9.17) is 5.11 Å². The van der Waals surface area contributed by atoms with Gasteiger partial charge in [0, 0.05) is 0 Å². The molecule has 0 atom stereocenters. The van der Waals surface area contributed by atoms with Gasteiger partial charge in [-0.3, -0.25) is 0 Å². The van der Waals surface area contributed by atoms with Gasteiger partial charge in [-0.15, -0.1) is 0 Å². The summed E-state index contributed by atoms with van der Waals surface area (Å²) in [6.45, 7) is 2.19. The summed E-state index contributed by atoms with van der Waals surface area (Å²) in [5, 5.41) is 12.4. The average molecular weight is 231 g/mol. The van der Waals surface area contributed by atoms with E-state index in [1.807, 2.05) is 12.1 Å². The van der Waals surface area contributed by atoms with Crippen molar-refractivity contribution in [2.24, 2.45) is 5.41 Å². The van der Waals surface area contributed by atoms with Crippen molar-refractivity contribution < 1.29 is 9.90 Å². The molecule has 1 aliphatic heterocycles. The van der Waals surface area contributed by atoms with Gasteiger partial charge in [-0.2, -0.15) is 0 Å². The molecule has 1 aromatic carbocycles. The van der Waals surface area contributed by atoms with E-state index < -0.39 is 5.97 Å². The van der Waals surface area contributed by atoms with Crippen LogP contribution in [-0.4, -0.2) is 24.2 Å². The van der Waals surface area contributed by atoms with Gasteiger partial charge < -0.3 is 10.4 Å². The van der Waals surface area contributed by atoms with Crippen molar-refractivity contribution in [3.05, 3.63) is 34.9 Å². The Bertz CT molecular complexity index is 461. The van der Waals surface area contributed by atoms with Crippen LogP contribution in [0.5, 0.6) is 0 Å².